The molecule has 1 nitrogen and oxygen atoms in total. The Morgan fingerprint density at radius 1 is 0.476 bits per heavy atom. The van der Waals surface area contributed by atoms with Gasteiger partial charge < -0.3 is 4.57 Å². The fourth-order valence-electron chi connectivity index (χ4n) is 6.78. The molecule has 42 heavy (non-hydrogen) atoms. The van der Waals surface area contributed by atoms with E-state index in [1.165, 1.54) is 49.0 Å². The van der Waals surface area contributed by atoms with E-state index in [0.29, 0.717) is 12.3 Å². The van der Waals surface area contributed by atoms with E-state index in [1.54, 1.807) is 0 Å². The number of hydrogen-bond donors (Lipinski definition) is 0. The van der Waals surface area contributed by atoms with E-state index in [9.17, 15) is 4.57 Å². The molecule has 0 unspecified atom stereocenters. The molecule has 0 fully saturated rings. The van der Waals surface area contributed by atoms with Crippen LogP contribution in [0.5, 0.6) is 0 Å². The molecule has 0 amide bonds. The van der Waals surface area contributed by atoms with Gasteiger partial charge >= 0.3 is 0 Å². The molecule has 0 atom stereocenters. The SMILES string of the molecule is CC(C)(C)CP(=O)(CC(C)(C)C)c1cccc(-c2c3ccccc3c(-c3ccc4ccccc4c3)c3ccccc23)c1. The van der Waals surface area contributed by atoms with Crippen molar-refractivity contribution in [1.82, 2.24) is 0 Å². The highest BCUT2D eigenvalue weighted by atomic mass is 31.2. The van der Waals surface area contributed by atoms with Gasteiger partial charge in [-0.3, -0.25) is 0 Å². The Morgan fingerprint density at radius 3 is 1.43 bits per heavy atom. The van der Waals surface area contributed by atoms with E-state index in [-0.39, 0.29) is 10.8 Å². The number of hydrogen-bond acceptors (Lipinski definition) is 1. The highest BCUT2D eigenvalue weighted by Gasteiger charge is 2.35. The maximum absolute atomic E-state index is 14.9. The Hall–Kier alpha value is -3.67. The predicted molar refractivity (Wildman–Crippen MR) is 186 cm³/mol. The van der Waals surface area contributed by atoms with Crippen molar-refractivity contribution in [3.05, 3.63) is 115 Å². The van der Waals surface area contributed by atoms with Gasteiger partial charge in [0.1, 0.15) is 7.14 Å². The van der Waals surface area contributed by atoms with Gasteiger partial charge in [-0.15, -0.1) is 0 Å². The molecule has 2 heteroatoms. The zero-order valence-electron chi connectivity index (χ0n) is 25.7. The minimum atomic E-state index is -2.66. The molecule has 0 N–H and O–H groups in total. The van der Waals surface area contributed by atoms with Crippen molar-refractivity contribution in [2.45, 2.75) is 41.5 Å². The number of fused-ring (bicyclic) bond motifs is 3. The molecule has 6 aromatic rings. The molecule has 0 bridgehead atoms. The minimum absolute atomic E-state index is 0.0301. The molecule has 0 aromatic heterocycles. The van der Waals surface area contributed by atoms with Crippen molar-refractivity contribution >= 4 is 44.8 Å². The summed E-state index contributed by atoms with van der Waals surface area (Å²) in [6.07, 6.45) is 1.40. The molecule has 0 heterocycles. The first kappa shape index (κ1) is 28.4. The molecule has 0 aliphatic heterocycles. The van der Waals surface area contributed by atoms with Crippen LogP contribution in [0.2, 0.25) is 0 Å². The van der Waals surface area contributed by atoms with E-state index in [4.69, 9.17) is 0 Å². The quantitative estimate of drug-likeness (QED) is 0.149. The second kappa shape index (κ2) is 10.6. The normalized spacial score (nSPS) is 12.8. The highest BCUT2D eigenvalue weighted by Crippen LogP contribution is 2.53. The lowest BCUT2D eigenvalue weighted by atomic mass is 9.85. The van der Waals surface area contributed by atoms with Crippen LogP contribution < -0.4 is 5.30 Å². The largest absolute Gasteiger partial charge is 0.319 e. The molecule has 212 valence electrons. The van der Waals surface area contributed by atoms with E-state index >= 15 is 0 Å². The third kappa shape index (κ3) is 5.56. The first-order chi connectivity index (χ1) is 19.9. The summed E-state index contributed by atoms with van der Waals surface area (Å²) in [5, 5.41) is 8.40. The van der Waals surface area contributed by atoms with Gasteiger partial charge in [0.15, 0.2) is 0 Å². The lowest BCUT2D eigenvalue weighted by molar-refractivity contribution is 0.439. The molecule has 0 spiro atoms. The Kier molecular flexibility index (Phi) is 7.15. The smallest absolute Gasteiger partial charge is 0.116 e. The van der Waals surface area contributed by atoms with Crippen LogP contribution in [0, 0.1) is 10.8 Å². The van der Waals surface area contributed by atoms with Crippen molar-refractivity contribution in [3.63, 3.8) is 0 Å². The van der Waals surface area contributed by atoms with E-state index in [0.717, 1.165) is 10.9 Å². The summed E-state index contributed by atoms with van der Waals surface area (Å²) in [5.41, 5.74) is 4.77. The lowest BCUT2D eigenvalue weighted by Gasteiger charge is -2.32. The highest BCUT2D eigenvalue weighted by molar-refractivity contribution is 7.71. The second-order valence-electron chi connectivity index (χ2n) is 14.3. The first-order valence-electron chi connectivity index (χ1n) is 15.0. The molecule has 6 aromatic carbocycles. The summed E-state index contributed by atoms with van der Waals surface area (Å²) >= 11 is 0. The Balaban J connectivity index is 1.62. The lowest BCUT2D eigenvalue weighted by Crippen LogP contribution is -2.25. The van der Waals surface area contributed by atoms with Gasteiger partial charge in [-0.2, -0.15) is 0 Å². The zero-order valence-corrected chi connectivity index (χ0v) is 26.6. The van der Waals surface area contributed by atoms with Crippen molar-refractivity contribution in [3.8, 4) is 22.3 Å². The maximum Gasteiger partial charge on any atom is 0.116 e. The van der Waals surface area contributed by atoms with Crippen LogP contribution in [0.4, 0.5) is 0 Å². The second-order valence-corrected chi connectivity index (χ2v) is 17.2. The van der Waals surface area contributed by atoms with Gasteiger partial charge in [0.2, 0.25) is 0 Å². The maximum atomic E-state index is 14.9. The predicted octanol–water partition coefficient (Wildman–Crippen LogP) is 11.6. The topological polar surface area (TPSA) is 17.1 Å². The molecule has 0 radical (unpaired) electrons. The average molecular weight is 569 g/mol. The Morgan fingerprint density at radius 2 is 0.929 bits per heavy atom. The van der Waals surface area contributed by atoms with E-state index in [2.05, 4.69) is 157 Å². The summed E-state index contributed by atoms with van der Waals surface area (Å²) in [6, 6.07) is 41.6. The van der Waals surface area contributed by atoms with Crippen molar-refractivity contribution in [2.75, 3.05) is 12.3 Å². The van der Waals surface area contributed by atoms with Gasteiger partial charge in [0.05, 0.1) is 0 Å². The molecule has 0 saturated carbocycles. The first-order valence-corrected chi connectivity index (χ1v) is 17.1. The summed E-state index contributed by atoms with van der Waals surface area (Å²) < 4.78 is 14.9. The van der Waals surface area contributed by atoms with Gasteiger partial charge in [-0.1, -0.05) is 145 Å². The van der Waals surface area contributed by atoms with Crippen LogP contribution in [0.1, 0.15) is 41.5 Å². The molecule has 0 aliphatic carbocycles. The van der Waals surface area contributed by atoms with Crippen molar-refractivity contribution in [2.24, 2.45) is 10.8 Å². The Labute approximate surface area is 251 Å². The van der Waals surface area contributed by atoms with Gasteiger partial charge in [0.25, 0.3) is 0 Å². The number of rotatable bonds is 5. The molecular formula is C40H41OP. The molecule has 0 saturated heterocycles. The van der Waals surface area contributed by atoms with E-state index in [1.807, 2.05) is 0 Å². The molecule has 0 aliphatic rings. The van der Waals surface area contributed by atoms with E-state index < -0.39 is 7.14 Å². The third-order valence-electron chi connectivity index (χ3n) is 8.03. The number of benzene rings is 6. The summed E-state index contributed by atoms with van der Waals surface area (Å²) in [6.45, 7) is 13.2. The molecule has 6 rings (SSSR count). The summed E-state index contributed by atoms with van der Waals surface area (Å²) in [7, 11) is -2.66. The van der Waals surface area contributed by atoms with Crippen LogP contribution in [0.25, 0.3) is 54.6 Å². The monoisotopic (exact) mass is 568 g/mol. The van der Waals surface area contributed by atoms with Crippen LogP contribution in [-0.2, 0) is 4.57 Å². The van der Waals surface area contributed by atoms with Gasteiger partial charge in [-0.25, -0.2) is 0 Å². The van der Waals surface area contributed by atoms with Crippen molar-refractivity contribution in [1.29, 1.82) is 0 Å². The average Bonchev–Trinajstić information content (AvgIpc) is 2.93. The van der Waals surface area contributed by atoms with Gasteiger partial charge in [-0.05, 0) is 77.5 Å². The summed E-state index contributed by atoms with van der Waals surface area (Å²) in [4.78, 5) is 0. The van der Waals surface area contributed by atoms with Crippen LogP contribution in [0.15, 0.2) is 115 Å². The fraction of sp³-hybridized carbons (Fsp3) is 0.250. The van der Waals surface area contributed by atoms with Crippen LogP contribution in [-0.4, -0.2) is 12.3 Å². The fourth-order valence-corrected chi connectivity index (χ4v) is 11.1. The molecular weight excluding hydrogens is 527 g/mol. The zero-order chi connectivity index (χ0) is 29.7. The summed E-state index contributed by atoms with van der Waals surface area (Å²) in [5.74, 6) is 0. The van der Waals surface area contributed by atoms with Gasteiger partial charge in [0, 0.05) is 17.6 Å². The standard InChI is InChI=1S/C40H41OP/c1-39(2,3)26-42(41,27-40(4,5)6)32-17-13-16-30(25-32)37-33-18-9-11-20-35(33)38(36-21-12-10-19-34(36)37)31-23-22-28-14-7-8-15-29(28)24-31/h7-25H,26-27H2,1-6H3. The van der Waals surface area contributed by atoms with Crippen LogP contribution >= 0.6 is 7.14 Å². The Bertz CT molecular complexity index is 1910. The third-order valence-corrected chi connectivity index (χ3v) is 12.2. The van der Waals surface area contributed by atoms with Crippen LogP contribution in [0.3, 0.4) is 0 Å². The minimum Gasteiger partial charge on any atom is -0.319 e. The van der Waals surface area contributed by atoms with Crippen molar-refractivity contribution < 1.29 is 4.57 Å².